The van der Waals surface area contributed by atoms with E-state index in [0.29, 0.717) is 12.1 Å². The van der Waals surface area contributed by atoms with Crippen LogP contribution >= 0.6 is 0 Å². The number of amides is 1. The smallest absolute Gasteiger partial charge is 0.228 e. The molecule has 1 aliphatic heterocycles. The Hall–Kier alpha value is -1.55. The van der Waals surface area contributed by atoms with Crippen molar-refractivity contribution in [2.45, 2.75) is 26.2 Å². The molecule has 17 heavy (non-hydrogen) atoms. The van der Waals surface area contributed by atoms with Gasteiger partial charge >= 0.3 is 0 Å². The number of phenolic OH excluding ortho intramolecular Hbond substituents is 1. The Morgan fingerprint density at radius 2 is 2.24 bits per heavy atom. The number of phenols is 1. The number of carbonyl (C=O) groups is 1. The fourth-order valence-electron chi connectivity index (χ4n) is 2.12. The molecule has 4 heteroatoms. The molecule has 0 radical (unpaired) electrons. The zero-order valence-electron chi connectivity index (χ0n) is 10.0. The lowest BCUT2D eigenvalue weighted by Crippen LogP contribution is -2.18. The average molecular weight is 234 g/mol. The normalized spacial score (nSPS) is 13.6. The zero-order chi connectivity index (χ0) is 12.3. The van der Waals surface area contributed by atoms with Crippen LogP contribution in [0.4, 0.5) is 5.69 Å². The maximum Gasteiger partial charge on any atom is 0.228 e. The fourth-order valence-corrected chi connectivity index (χ4v) is 2.12. The van der Waals surface area contributed by atoms with Crippen LogP contribution in [0.3, 0.4) is 0 Å². The second-order valence-corrected chi connectivity index (χ2v) is 4.32. The van der Waals surface area contributed by atoms with Gasteiger partial charge in [0.15, 0.2) is 0 Å². The summed E-state index contributed by atoms with van der Waals surface area (Å²) in [6, 6.07) is 3.56. The summed E-state index contributed by atoms with van der Waals surface area (Å²) >= 11 is 0. The highest BCUT2D eigenvalue weighted by Crippen LogP contribution is 2.34. The lowest BCUT2D eigenvalue weighted by atomic mass is 10.0. The minimum absolute atomic E-state index is 0.0377. The monoisotopic (exact) mass is 234 g/mol. The molecule has 0 saturated heterocycles. The van der Waals surface area contributed by atoms with Crippen LogP contribution in [0.15, 0.2) is 12.1 Å². The van der Waals surface area contributed by atoms with Crippen molar-refractivity contribution in [3.63, 3.8) is 0 Å². The third-order valence-corrected chi connectivity index (χ3v) is 2.99. The van der Waals surface area contributed by atoms with Gasteiger partial charge < -0.3 is 15.7 Å². The molecular formula is C13H18N2O2. The van der Waals surface area contributed by atoms with Crippen LogP contribution in [0.1, 0.15) is 24.5 Å². The van der Waals surface area contributed by atoms with Crippen molar-refractivity contribution >= 4 is 11.6 Å². The van der Waals surface area contributed by atoms with E-state index in [2.05, 4.69) is 17.6 Å². The Morgan fingerprint density at radius 3 is 3.00 bits per heavy atom. The third kappa shape index (κ3) is 2.58. The van der Waals surface area contributed by atoms with E-state index in [1.807, 2.05) is 6.07 Å². The summed E-state index contributed by atoms with van der Waals surface area (Å²) in [7, 11) is 0. The Bertz CT molecular complexity index is 430. The number of aromatic hydroxyl groups is 1. The van der Waals surface area contributed by atoms with Crippen molar-refractivity contribution in [1.82, 2.24) is 5.32 Å². The third-order valence-electron chi connectivity index (χ3n) is 2.99. The van der Waals surface area contributed by atoms with E-state index in [0.717, 1.165) is 37.1 Å². The van der Waals surface area contributed by atoms with Gasteiger partial charge in [-0.25, -0.2) is 0 Å². The predicted octanol–water partition coefficient (Wildman–Crippen LogP) is 1.43. The van der Waals surface area contributed by atoms with Gasteiger partial charge in [-0.1, -0.05) is 13.0 Å². The minimum atomic E-state index is -0.0377. The molecule has 0 bridgehead atoms. The number of carbonyl (C=O) groups excluding carboxylic acids is 1. The second-order valence-electron chi connectivity index (χ2n) is 4.32. The maximum absolute atomic E-state index is 11.3. The molecule has 0 aliphatic carbocycles. The summed E-state index contributed by atoms with van der Waals surface area (Å²) in [6.45, 7) is 4.05. The van der Waals surface area contributed by atoms with Crippen molar-refractivity contribution in [2.75, 3.05) is 18.4 Å². The quantitative estimate of drug-likeness (QED) is 0.533. The lowest BCUT2D eigenvalue weighted by Gasteiger charge is -2.09. The number of hydrogen-bond acceptors (Lipinski definition) is 3. The largest absolute Gasteiger partial charge is 0.506 e. The first-order chi connectivity index (χ1) is 8.22. The van der Waals surface area contributed by atoms with Crippen molar-refractivity contribution in [3.05, 3.63) is 23.3 Å². The zero-order valence-corrected chi connectivity index (χ0v) is 10.0. The SMILES string of the molecule is CCCNCCc1ccc(O)c2c1CC(=O)N2. The summed E-state index contributed by atoms with van der Waals surface area (Å²) in [6.07, 6.45) is 2.39. The van der Waals surface area contributed by atoms with Gasteiger partial charge in [0.05, 0.1) is 12.1 Å². The standard InChI is InChI=1S/C13H18N2O2/c1-2-6-14-7-5-9-3-4-11(16)13-10(9)8-12(17)15-13/h3-4,14,16H,2,5-8H2,1H3,(H,15,17). The van der Waals surface area contributed by atoms with Crippen LogP contribution in [-0.4, -0.2) is 24.1 Å². The van der Waals surface area contributed by atoms with Crippen LogP contribution in [0.5, 0.6) is 5.75 Å². The molecule has 2 rings (SSSR count). The van der Waals surface area contributed by atoms with Gasteiger partial charge in [0.25, 0.3) is 0 Å². The Morgan fingerprint density at radius 1 is 1.41 bits per heavy atom. The second kappa shape index (κ2) is 5.19. The van der Waals surface area contributed by atoms with Gasteiger partial charge in [-0.3, -0.25) is 4.79 Å². The fraction of sp³-hybridized carbons (Fsp3) is 0.462. The molecule has 1 aliphatic rings. The molecule has 92 valence electrons. The van der Waals surface area contributed by atoms with E-state index < -0.39 is 0 Å². The molecule has 0 atom stereocenters. The molecule has 0 saturated carbocycles. The van der Waals surface area contributed by atoms with Gasteiger partial charge in [-0.15, -0.1) is 0 Å². The van der Waals surface area contributed by atoms with E-state index >= 15 is 0 Å². The predicted molar refractivity (Wildman–Crippen MR) is 67.3 cm³/mol. The summed E-state index contributed by atoms with van der Waals surface area (Å²) in [5.41, 5.74) is 2.69. The molecule has 0 spiro atoms. The molecule has 4 nitrogen and oxygen atoms in total. The lowest BCUT2D eigenvalue weighted by molar-refractivity contribution is -0.115. The molecule has 0 fully saturated rings. The van der Waals surface area contributed by atoms with Crippen LogP contribution < -0.4 is 10.6 Å². The summed E-state index contributed by atoms with van der Waals surface area (Å²) < 4.78 is 0. The minimum Gasteiger partial charge on any atom is -0.506 e. The first-order valence-electron chi connectivity index (χ1n) is 6.06. The van der Waals surface area contributed by atoms with Gasteiger partial charge in [0.1, 0.15) is 5.75 Å². The van der Waals surface area contributed by atoms with Crippen LogP contribution in [0.2, 0.25) is 0 Å². The Kier molecular flexibility index (Phi) is 3.64. The summed E-state index contributed by atoms with van der Waals surface area (Å²) in [5, 5.41) is 15.7. The van der Waals surface area contributed by atoms with Gasteiger partial charge in [0.2, 0.25) is 5.91 Å². The van der Waals surface area contributed by atoms with E-state index in [1.54, 1.807) is 6.07 Å². The molecule has 1 aromatic rings. The summed E-state index contributed by atoms with van der Waals surface area (Å²) in [5.74, 6) is 0.125. The van der Waals surface area contributed by atoms with E-state index in [1.165, 1.54) is 0 Å². The van der Waals surface area contributed by atoms with Gasteiger partial charge in [-0.05, 0) is 43.1 Å². The first-order valence-corrected chi connectivity index (χ1v) is 6.06. The molecular weight excluding hydrogens is 216 g/mol. The highest BCUT2D eigenvalue weighted by atomic mass is 16.3. The van der Waals surface area contributed by atoms with E-state index in [4.69, 9.17) is 0 Å². The van der Waals surface area contributed by atoms with Crippen LogP contribution in [0, 0.1) is 0 Å². The molecule has 1 aromatic carbocycles. The molecule has 1 amide bonds. The molecule has 0 aromatic heterocycles. The molecule has 1 heterocycles. The number of benzene rings is 1. The van der Waals surface area contributed by atoms with Crippen LogP contribution in [0.25, 0.3) is 0 Å². The number of anilines is 1. The van der Waals surface area contributed by atoms with Crippen molar-refractivity contribution < 1.29 is 9.90 Å². The molecule has 0 unspecified atom stereocenters. The van der Waals surface area contributed by atoms with Gasteiger partial charge in [-0.2, -0.15) is 0 Å². The topological polar surface area (TPSA) is 61.4 Å². The number of rotatable bonds is 5. The van der Waals surface area contributed by atoms with Crippen molar-refractivity contribution in [3.8, 4) is 5.75 Å². The average Bonchev–Trinajstić information content (AvgIpc) is 2.70. The van der Waals surface area contributed by atoms with E-state index in [9.17, 15) is 9.90 Å². The summed E-state index contributed by atoms with van der Waals surface area (Å²) in [4.78, 5) is 11.3. The van der Waals surface area contributed by atoms with Crippen molar-refractivity contribution in [1.29, 1.82) is 0 Å². The molecule has 3 N–H and O–H groups in total. The van der Waals surface area contributed by atoms with Gasteiger partial charge in [0, 0.05) is 0 Å². The number of fused-ring (bicyclic) bond motifs is 1. The number of hydrogen-bond donors (Lipinski definition) is 3. The van der Waals surface area contributed by atoms with E-state index in [-0.39, 0.29) is 11.7 Å². The Labute approximate surface area is 101 Å². The van der Waals surface area contributed by atoms with Crippen LogP contribution in [-0.2, 0) is 17.6 Å². The van der Waals surface area contributed by atoms with Crippen molar-refractivity contribution in [2.24, 2.45) is 0 Å². The highest BCUT2D eigenvalue weighted by Gasteiger charge is 2.23. The highest BCUT2D eigenvalue weighted by molar-refractivity contribution is 6.01. The first kappa shape index (κ1) is 11.9. The Balaban J connectivity index is 2.09. The maximum atomic E-state index is 11.3. The number of nitrogens with one attached hydrogen (secondary N) is 2.